The number of ether oxygens (including phenoxy) is 1. The van der Waals surface area contributed by atoms with Gasteiger partial charge in [-0.2, -0.15) is 0 Å². The van der Waals surface area contributed by atoms with Crippen molar-refractivity contribution < 1.29 is 46.7 Å². The molecule has 1 aromatic carbocycles. The van der Waals surface area contributed by atoms with E-state index in [1.165, 1.54) is 7.11 Å². The molecule has 0 aliphatic carbocycles. The van der Waals surface area contributed by atoms with Crippen LogP contribution in [0.25, 0.3) is 0 Å². The van der Waals surface area contributed by atoms with E-state index in [9.17, 15) is 4.21 Å². The average Bonchev–Trinajstić information content (AvgIpc) is 2.16. The number of para-hydroxylation sites is 1. The minimum Gasteiger partial charge on any atom is -0.496 e. The Kier molecular flexibility index (Phi) is 6.41. The van der Waals surface area contributed by atoms with Crippen LogP contribution >= 0.6 is 0 Å². The third kappa shape index (κ3) is 3.31. The van der Waals surface area contributed by atoms with Crippen molar-refractivity contribution in [1.82, 2.24) is 0 Å². The molecule has 1 N–H and O–H groups in total. The van der Waals surface area contributed by atoms with E-state index in [2.05, 4.69) is 0 Å². The van der Waals surface area contributed by atoms with Crippen LogP contribution < -0.4 is 4.74 Å². The smallest absolute Gasteiger partial charge is 0.496 e. The third-order valence-electron chi connectivity index (χ3n) is 1.43. The van der Waals surface area contributed by atoms with Gasteiger partial charge in [-0.15, -0.1) is 0 Å². The molecule has 0 unspecified atom stereocenters. The predicted molar refractivity (Wildman–Crippen MR) is 47.9 cm³/mol. The zero-order valence-corrected chi connectivity index (χ0v) is 8.41. The first-order chi connectivity index (χ1) is 5.79. The molecule has 0 fully saturated rings. The Hall–Kier alpha value is -0.0303. The average molecular weight is 222 g/mol. The standard InChI is InChI=1S/C8H8NO2S.Ar/c1-11-7-5-3-2-4-6(7)8(9)12-10;/h2-5,9H,1H3;/q+1;. The number of methoxy groups -OCH3 is 1. The summed E-state index contributed by atoms with van der Waals surface area (Å²) in [6.45, 7) is 0. The van der Waals surface area contributed by atoms with Gasteiger partial charge in [-0.3, -0.25) is 0 Å². The molecule has 0 amide bonds. The summed E-state index contributed by atoms with van der Waals surface area (Å²) in [6.07, 6.45) is 0. The predicted octanol–water partition coefficient (Wildman–Crippen LogP) is 1.45. The summed E-state index contributed by atoms with van der Waals surface area (Å²) < 4.78 is 15.3. The molecule has 0 aliphatic rings. The van der Waals surface area contributed by atoms with E-state index < -0.39 is 0 Å². The molecule has 0 radical (unpaired) electrons. The molecule has 0 spiro atoms. The minimum absolute atomic E-state index is 0. The maximum absolute atomic E-state index is 10.3. The molecule has 1 rings (SSSR count). The van der Waals surface area contributed by atoms with Gasteiger partial charge < -0.3 is 4.74 Å². The Morgan fingerprint density at radius 3 is 2.62 bits per heavy atom. The number of benzene rings is 1. The zero-order valence-electron chi connectivity index (χ0n) is 6.89. The first-order valence-electron chi connectivity index (χ1n) is 3.31. The number of hydrogen-bond acceptors (Lipinski definition) is 3. The Balaban J connectivity index is 0.00000144. The van der Waals surface area contributed by atoms with Crippen molar-refractivity contribution in [2.45, 2.75) is 0 Å². The summed E-state index contributed by atoms with van der Waals surface area (Å²) in [7, 11) is 1.52. The second-order valence-electron chi connectivity index (χ2n) is 2.11. The van der Waals surface area contributed by atoms with Crippen molar-refractivity contribution in [3.63, 3.8) is 0 Å². The van der Waals surface area contributed by atoms with Crippen molar-refractivity contribution in [3.05, 3.63) is 29.8 Å². The van der Waals surface area contributed by atoms with E-state index >= 15 is 0 Å². The number of nitrogens with one attached hydrogen (secondary N) is 1. The van der Waals surface area contributed by atoms with Crippen LogP contribution in [-0.4, -0.2) is 12.2 Å². The maximum atomic E-state index is 10.3. The molecule has 0 heterocycles. The van der Waals surface area contributed by atoms with Gasteiger partial charge in [0.1, 0.15) is 11.3 Å². The van der Waals surface area contributed by atoms with Gasteiger partial charge in [0.05, 0.1) is 7.11 Å². The topological polar surface area (TPSA) is 50.1 Å². The van der Waals surface area contributed by atoms with Crippen LogP contribution in [-0.2, 0) is 15.9 Å². The quantitative estimate of drug-likeness (QED) is 0.467. The molecule has 3 nitrogen and oxygen atoms in total. The first-order valence-corrected chi connectivity index (χ1v) is 4.05. The van der Waals surface area contributed by atoms with Crippen LogP contribution in [0.1, 0.15) is 5.56 Å². The van der Waals surface area contributed by atoms with Gasteiger partial charge in [-0.1, -0.05) is 12.1 Å². The SMILES string of the molecule is COc1ccccc1C(=N)[S+]=O.[Ar]. The van der Waals surface area contributed by atoms with E-state index in [4.69, 9.17) is 10.1 Å². The molecule has 0 bridgehead atoms. The van der Waals surface area contributed by atoms with Crippen LogP contribution in [0.4, 0.5) is 0 Å². The molecule has 0 aliphatic heterocycles. The van der Waals surface area contributed by atoms with Crippen molar-refractivity contribution in [2.24, 2.45) is 0 Å². The monoisotopic (exact) mass is 222 g/mol. The molecule has 0 aromatic heterocycles. The Labute approximate surface area is 110 Å². The number of hydrogen-bond donors (Lipinski definition) is 1. The van der Waals surface area contributed by atoms with Crippen molar-refractivity contribution in [1.29, 1.82) is 5.41 Å². The van der Waals surface area contributed by atoms with Gasteiger partial charge in [0.15, 0.2) is 0 Å². The van der Waals surface area contributed by atoms with E-state index in [-0.39, 0.29) is 54.4 Å². The van der Waals surface area contributed by atoms with Gasteiger partial charge >= 0.3 is 16.7 Å². The summed E-state index contributed by atoms with van der Waals surface area (Å²) in [5.74, 6) is 0.561. The Morgan fingerprint density at radius 2 is 2.08 bits per heavy atom. The fraction of sp³-hybridized carbons (Fsp3) is 0.125. The summed E-state index contributed by atoms with van der Waals surface area (Å²) in [6, 6.07) is 6.97. The Bertz CT molecular complexity index is 317. The van der Waals surface area contributed by atoms with Crippen molar-refractivity contribution >= 4 is 16.7 Å². The normalized spacial score (nSPS) is 8.38. The van der Waals surface area contributed by atoms with E-state index in [0.29, 0.717) is 11.3 Å². The molecule has 70 valence electrons. The zero-order chi connectivity index (χ0) is 8.97. The van der Waals surface area contributed by atoms with E-state index in [1.807, 2.05) is 0 Å². The second-order valence-corrected chi connectivity index (χ2v) is 2.69. The second kappa shape index (κ2) is 6.43. The molecule has 0 saturated carbocycles. The molecule has 13 heavy (non-hydrogen) atoms. The van der Waals surface area contributed by atoms with E-state index in [0.717, 1.165) is 0 Å². The fourth-order valence-electron chi connectivity index (χ4n) is 0.877. The van der Waals surface area contributed by atoms with Gasteiger partial charge in [0.25, 0.3) is 0 Å². The molecule has 5 heteroatoms. The molecule has 0 saturated heterocycles. The van der Waals surface area contributed by atoms with Gasteiger partial charge in [0.2, 0.25) is 0 Å². The molecular weight excluding hydrogens is 214 g/mol. The van der Waals surface area contributed by atoms with Crippen LogP contribution in [0, 0.1) is 43.1 Å². The summed E-state index contributed by atoms with van der Waals surface area (Å²) >= 11 is 0.161. The summed E-state index contributed by atoms with van der Waals surface area (Å²) in [4.78, 5) is 0. The summed E-state index contributed by atoms with van der Waals surface area (Å²) in [5, 5.41) is 7.27. The number of rotatable bonds is 2. The summed E-state index contributed by atoms with van der Waals surface area (Å²) in [5.41, 5.74) is 0.542. The van der Waals surface area contributed by atoms with Crippen LogP contribution in [0.5, 0.6) is 5.75 Å². The molecular formula is C8H8ArNO2S+. The minimum atomic E-state index is -0.0209. The molecule has 1 aromatic rings. The first kappa shape index (κ1) is 13.0. The molecule has 0 atom stereocenters. The van der Waals surface area contributed by atoms with E-state index in [1.54, 1.807) is 24.3 Å². The van der Waals surface area contributed by atoms with Crippen molar-refractivity contribution in [3.8, 4) is 5.75 Å². The fourth-order valence-corrected chi connectivity index (χ4v) is 1.14. The van der Waals surface area contributed by atoms with Gasteiger partial charge in [0, 0.05) is 41.9 Å². The maximum Gasteiger partial charge on any atom is 0.527 e. The van der Waals surface area contributed by atoms with Crippen LogP contribution in [0.2, 0.25) is 0 Å². The third-order valence-corrected chi connectivity index (χ3v) is 1.82. The van der Waals surface area contributed by atoms with Gasteiger partial charge in [-0.05, 0) is 12.1 Å². The Morgan fingerprint density at radius 1 is 1.46 bits per heavy atom. The largest absolute Gasteiger partial charge is 0.527 e. The van der Waals surface area contributed by atoms with Crippen LogP contribution in [0.15, 0.2) is 24.3 Å². The van der Waals surface area contributed by atoms with Crippen LogP contribution in [0.3, 0.4) is 0 Å². The van der Waals surface area contributed by atoms with Crippen molar-refractivity contribution in [2.75, 3.05) is 7.11 Å². The van der Waals surface area contributed by atoms with Gasteiger partial charge in [-0.25, -0.2) is 5.41 Å².